The second-order valence-corrected chi connectivity index (χ2v) is 10.2. The summed E-state index contributed by atoms with van der Waals surface area (Å²) in [4.78, 5) is 34.0. The molecule has 0 saturated carbocycles. The smallest absolute Gasteiger partial charge is 0.238 e. The number of halogens is 1. The summed E-state index contributed by atoms with van der Waals surface area (Å²) < 4.78 is 0. The number of pyridine rings is 1. The van der Waals surface area contributed by atoms with Gasteiger partial charge in [0.25, 0.3) is 0 Å². The molecule has 0 atom stereocenters. The first kappa shape index (κ1) is 30.5. The minimum absolute atomic E-state index is 0.00258. The van der Waals surface area contributed by atoms with Crippen molar-refractivity contribution in [2.75, 3.05) is 44.6 Å². The number of fused-ring (bicyclic) bond motifs is 2. The lowest BCUT2D eigenvalue weighted by Crippen LogP contribution is -2.38. The highest BCUT2D eigenvalue weighted by Gasteiger charge is 2.25. The van der Waals surface area contributed by atoms with E-state index in [1.807, 2.05) is 29.2 Å². The van der Waals surface area contributed by atoms with Gasteiger partial charge in [0.15, 0.2) is 5.78 Å². The van der Waals surface area contributed by atoms with Crippen LogP contribution in [0.25, 0.3) is 10.9 Å². The highest BCUT2D eigenvalue weighted by atomic mass is 35.5. The van der Waals surface area contributed by atoms with Crippen molar-refractivity contribution in [2.45, 2.75) is 46.6 Å². The topological polar surface area (TPSA) is 112 Å². The quantitative estimate of drug-likeness (QED) is 0.307. The third kappa shape index (κ3) is 8.47. The zero-order valence-electron chi connectivity index (χ0n) is 23.2. The van der Waals surface area contributed by atoms with E-state index in [1.165, 1.54) is 38.1 Å². The Bertz CT molecular complexity index is 1270. The molecule has 1 aliphatic rings. The number of aromatic hydroxyl groups is 1. The summed E-state index contributed by atoms with van der Waals surface area (Å²) in [5.74, 6) is -0.281. The van der Waals surface area contributed by atoms with Crippen molar-refractivity contribution in [1.82, 2.24) is 14.8 Å². The van der Waals surface area contributed by atoms with E-state index in [0.29, 0.717) is 30.8 Å². The number of phenolic OH excluding ortho intramolecular Hbond substituents is 1. The fraction of sp³-hybridized carbons (Fsp3) is 0.433. The maximum atomic E-state index is 12.5. The highest BCUT2D eigenvalue weighted by molar-refractivity contribution is 6.32. The van der Waals surface area contributed by atoms with Crippen molar-refractivity contribution in [2.24, 2.45) is 5.73 Å². The average molecular weight is 554 g/mol. The molecule has 2 aromatic carbocycles. The lowest BCUT2D eigenvalue weighted by Gasteiger charge is -2.29. The van der Waals surface area contributed by atoms with E-state index in [-0.39, 0.29) is 29.0 Å². The number of ketones is 1. The number of para-hydroxylation sites is 1. The molecule has 4 rings (SSSR count). The number of nitrogens with two attached hydrogens (primary N) is 1. The molecule has 4 N–H and O–H groups in total. The summed E-state index contributed by atoms with van der Waals surface area (Å²) in [7, 11) is 0. The third-order valence-corrected chi connectivity index (χ3v) is 6.92. The number of phenols is 1. The first-order valence-electron chi connectivity index (χ1n) is 13.6. The Balaban J connectivity index is 0.000000360. The highest BCUT2D eigenvalue weighted by Crippen LogP contribution is 2.29. The predicted molar refractivity (Wildman–Crippen MR) is 159 cm³/mol. The van der Waals surface area contributed by atoms with Gasteiger partial charge in [-0.05, 0) is 56.6 Å². The summed E-state index contributed by atoms with van der Waals surface area (Å²) in [5, 5.41) is 13.5. The van der Waals surface area contributed by atoms with Gasteiger partial charge in [-0.15, -0.1) is 0 Å². The molecule has 3 aromatic rings. The van der Waals surface area contributed by atoms with Gasteiger partial charge in [0.1, 0.15) is 5.75 Å². The molecule has 8 nitrogen and oxygen atoms in total. The van der Waals surface area contributed by atoms with E-state index in [0.717, 1.165) is 35.2 Å². The molecule has 1 amide bonds. The zero-order chi connectivity index (χ0) is 28.4. The zero-order valence-corrected chi connectivity index (χ0v) is 23.9. The number of nitrogens with zero attached hydrogens (tertiary/aromatic N) is 3. The van der Waals surface area contributed by atoms with Crippen molar-refractivity contribution < 1.29 is 14.7 Å². The number of hydrogen-bond acceptors (Lipinski definition) is 7. The van der Waals surface area contributed by atoms with Crippen LogP contribution in [0.3, 0.4) is 0 Å². The van der Waals surface area contributed by atoms with Crippen molar-refractivity contribution in [3.05, 3.63) is 64.3 Å². The standard InChI is InChI=1S/C22H20ClN3O3.C8H20N2/c1-13(27)22-15-4-2-3-5-18(15)25-19-8-9-26(11-16(19)22)12-21(29)24-14-6-7-17(23)20(28)10-14;1-3-6-10(7-4-2)8-5-9/h2-7,10,28H,8-9,11-12H2,1H3,(H,24,29);3-9H2,1-2H3. The molecule has 0 unspecified atom stereocenters. The Morgan fingerprint density at radius 3 is 2.49 bits per heavy atom. The first-order valence-corrected chi connectivity index (χ1v) is 14.0. The van der Waals surface area contributed by atoms with Gasteiger partial charge in [-0.25, -0.2) is 0 Å². The molecule has 210 valence electrons. The normalized spacial score (nSPS) is 13.1. The fourth-order valence-corrected chi connectivity index (χ4v) is 5.05. The van der Waals surface area contributed by atoms with Crippen LogP contribution in [0.15, 0.2) is 42.5 Å². The third-order valence-electron chi connectivity index (χ3n) is 6.60. The van der Waals surface area contributed by atoms with E-state index in [9.17, 15) is 14.7 Å². The summed E-state index contributed by atoms with van der Waals surface area (Å²) >= 11 is 5.80. The van der Waals surface area contributed by atoms with Crippen LogP contribution in [0.1, 0.15) is 55.2 Å². The van der Waals surface area contributed by atoms with Crippen LogP contribution in [0.4, 0.5) is 5.69 Å². The Morgan fingerprint density at radius 2 is 1.85 bits per heavy atom. The Kier molecular flexibility index (Phi) is 11.7. The SMILES string of the molecule is CC(=O)c1c2c(nc3ccccc13)CCN(CC(=O)Nc1ccc(Cl)c(O)c1)C2.CCCN(CCC)CCN. The van der Waals surface area contributed by atoms with Crippen LogP contribution in [0.5, 0.6) is 5.75 Å². The van der Waals surface area contributed by atoms with E-state index < -0.39 is 0 Å². The van der Waals surface area contributed by atoms with Crippen molar-refractivity contribution in [3.63, 3.8) is 0 Å². The number of hydrogen-bond donors (Lipinski definition) is 3. The lowest BCUT2D eigenvalue weighted by atomic mass is 9.93. The molecule has 0 bridgehead atoms. The predicted octanol–water partition coefficient (Wildman–Crippen LogP) is 4.86. The van der Waals surface area contributed by atoms with Gasteiger partial charge in [-0.3, -0.25) is 19.5 Å². The van der Waals surface area contributed by atoms with Crippen LogP contribution in [0.2, 0.25) is 5.02 Å². The first-order chi connectivity index (χ1) is 18.8. The van der Waals surface area contributed by atoms with Crippen LogP contribution < -0.4 is 11.1 Å². The minimum Gasteiger partial charge on any atom is -0.506 e. The Morgan fingerprint density at radius 1 is 1.13 bits per heavy atom. The maximum Gasteiger partial charge on any atom is 0.238 e. The van der Waals surface area contributed by atoms with Gasteiger partial charge in [0.05, 0.1) is 17.1 Å². The van der Waals surface area contributed by atoms with Crippen LogP contribution in [0, 0.1) is 0 Å². The second kappa shape index (κ2) is 14.9. The molecular formula is C30H40ClN5O3. The fourth-order valence-electron chi connectivity index (χ4n) is 4.93. The Hall–Kier alpha value is -3.04. The van der Waals surface area contributed by atoms with Crippen LogP contribution >= 0.6 is 11.6 Å². The van der Waals surface area contributed by atoms with Gasteiger partial charge in [0, 0.05) is 61.0 Å². The maximum absolute atomic E-state index is 12.5. The molecule has 0 radical (unpaired) electrons. The number of Topliss-reactive ketones (excluding diaryl/α,β-unsaturated/α-hetero) is 1. The molecule has 9 heteroatoms. The molecule has 0 saturated heterocycles. The number of carbonyl (C=O) groups is 2. The monoisotopic (exact) mass is 553 g/mol. The number of carbonyl (C=O) groups excluding carboxylic acids is 2. The lowest BCUT2D eigenvalue weighted by molar-refractivity contribution is -0.117. The summed E-state index contributed by atoms with van der Waals surface area (Å²) in [5.41, 5.74) is 9.27. The molecule has 2 heterocycles. The van der Waals surface area contributed by atoms with E-state index in [2.05, 4.69) is 24.1 Å². The van der Waals surface area contributed by atoms with Crippen molar-refractivity contribution in [1.29, 1.82) is 0 Å². The molecule has 39 heavy (non-hydrogen) atoms. The molecule has 0 fully saturated rings. The van der Waals surface area contributed by atoms with Crippen LogP contribution in [-0.2, 0) is 17.8 Å². The van der Waals surface area contributed by atoms with E-state index in [4.69, 9.17) is 22.3 Å². The molecule has 0 spiro atoms. The number of benzene rings is 2. The largest absolute Gasteiger partial charge is 0.506 e. The second-order valence-electron chi connectivity index (χ2n) is 9.79. The van der Waals surface area contributed by atoms with Gasteiger partial charge in [0.2, 0.25) is 5.91 Å². The summed E-state index contributed by atoms with van der Waals surface area (Å²) in [6, 6.07) is 12.2. The molecule has 1 aromatic heterocycles. The van der Waals surface area contributed by atoms with Crippen molar-refractivity contribution >= 4 is 39.9 Å². The van der Waals surface area contributed by atoms with Gasteiger partial charge in [-0.1, -0.05) is 43.6 Å². The van der Waals surface area contributed by atoms with E-state index >= 15 is 0 Å². The molecule has 0 aliphatic carbocycles. The Labute approximate surface area is 236 Å². The summed E-state index contributed by atoms with van der Waals surface area (Å²) in [6.45, 7) is 11.6. The average Bonchev–Trinajstić information content (AvgIpc) is 2.90. The number of amides is 1. The number of nitrogens with one attached hydrogen (secondary N) is 1. The minimum atomic E-state index is -0.201. The number of anilines is 1. The van der Waals surface area contributed by atoms with Crippen molar-refractivity contribution in [3.8, 4) is 5.75 Å². The van der Waals surface area contributed by atoms with E-state index in [1.54, 1.807) is 13.0 Å². The van der Waals surface area contributed by atoms with Gasteiger partial charge >= 0.3 is 0 Å². The summed E-state index contributed by atoms with van der Waals surface area (Å²) in [6.07, 6.45) is 3.15. The number of aromatic nitrogens is 1. The van der Waals surface area contributed by atoms with Crippen LogP contribution in [-0.4, -0.2) is 70.8 Å². The van der Waals surface area contributed by atoms with Gasteiger partial charge in [-0.2, -0.15) is 0 Å². The molecule has 1 aliphatic heterocycles. The molecular weight excluding hydrogens is 514 g/mol. The van der Waals surface area contributed by atoms with Gasteiger partial charge < -0.3 is 21.1 Å². The number of rotatable bonds is 10.